The maximum absolute atomic E-state index is 12.0. The van der Waals surface area contributed by atoms with Crippen LogP contribution >= 0.6 is 0 Å². The SMILES string of the molecule is CCCN(CCO)C(=O)Nc1cccc(CC(=O)O)c1. The molecule has 0 aromatic heterocycles. The van der Waals surface area contributed by atoms with Gasteiger partial charge in [-0.2, -0.15) is 0 Å². The van der Waals surface area contributed by atoms with E-state index in [9.17, 15) is 9.59 Å². The van der Waals surface area contributed by atoms with Crippen LogP contribution in [0.15, 0.2) is 24.3 Å². The minimum atomic E-state index is -0.915. The van der Waals surface area contributed by atoms with Crippen LogP contribution in [0, 0.1) is 0 Å². The summed E-state index contributed by atoms with van der Waals surface area (Å²) < 4.78 is 0. The molecular weight excluding hydrogens is 260 g/mol. The molecule has 3 N–H and O–H groups in total. The number of urea groups is 1. The number of carboxylic acids is 1. The number of carbonyl (C=O) groups excluding carboxylic acids is 1. The van der Waals surface area contributed by atoms with Gasteiger partial charge < -0.3 is 20.4 Å². The Morgan fingerprint density at radius 2 is 2.05 bits per heavy atom. The number of carboxylic acid groups (broad SMARTS) is 1. The molecule has 0 aliphatic rings. The molecule has 0 atom stereocenters. The van der Waals surface area contributed by atoms with Crippen molar-refractivity contribution in [3.05, 3.63) is 29.8 Å². The molecule has 1 aromatic rings. The topological polar surface area (TPSA) is 89.9 Å². The highest BCUT2D eigenvalue weighted by atomic mass is 16.4. The molecular formula is C14H20N2O4. The number of nitrogens with zero attached hydrogens (tertiary/aromatic N) is 1. The third-order valence-electron chi connectivity index (χ3n) is 2.68. The molecule has 110 valence electrons. The number of aliphatic hydroxyl groups excluding tert-OH is 1. The lowest BCUT2D eigenvalue weighted by molar-refractivity contribution is -0.136. The van der Waals surface area contributed by atoms with Gasteiger partial charge in [0, 0.05) is 18.8 Å². The number of aliphatic hydroxyl groups is 1. The highest BCUT2D eigenvalue weighted by Gasteiger charge is 2.12. The number of nitrogens with one attached hydrogen (secondary N) is 1. The van der Waals surface area contributed by atoms with Gasteiger partial charge in [0.05, 0.1) is 13.0 Å². The van der Waals surface area contributed by atoms with Crippen molar-refractivity contribution in [1.82, 2.24) is 4.90 Å². The fourth-order valence-electron chi connectivity index (χ4n) is 1.84. The van der Waals surface area contributed by atoms with Crippen LogP contribution in [-0.4, -0.2) is 46.8 Å². The monoisotopic (exact) mass is 280 g/mol. The number of aliphatic carboxylic acids is 1. The second-order valence-corrected chi connectivity index (χ2v) is 4.41. The molecule has 0 bridgehead atoms. The Kier molecular flexibility index (Phi) is 6.52. The molecule has 1 aromatic carbocycles. The average molecular weight is 280 g/mol. The fourth-order valence-corrected chi connectivity index (χ4v) is 1.84. The molecule has 2 amide bonds. The van der Waals surface area contributed by atoms with Gasteiger partial charge in [0.2, 0.25) is 0 Å². The maximum Gasteiger partial charge on any atom is 0.321 e. The smallest absolute Gasteiger partial charge is 0.321 e. The maximum atomic E-state index is 12.0. The Balaban J connectivity index is 2.70. The van der Waals surface area contributed by atoms with E-state index in [2.05, 4.69) is 5.32 Å². The molecule has 0 aliphatic heterocycles. The highest BCUT2D eigenvalue weighted by Crippen LogP contribution is 2.12. The van der Waals surface area contributed by atoms with Crippen molar-refractivity contribution in [2.24, 2.45) is 0 Å². The molecule has 20 heavy (non-hydrogen) atoms. The van der Waals surface area contributed by atoms with Crippen LogP contribution in [-0.2, 0) is 11.2 Å². The van der Waals surface area contributed by atoms with Crippen molar-refractivity contribution in [1.29, 1.82) is 0 Å². The van der Waals surface area contributed by atoms with Gasteiger partial charge in [-0.05, 0) is 24.1 Å². The van der Waals surface area contributed by atoms with E-state index < -0.39 is 5.97 Å². The second-order valence-electron chi connectivity index (χ2n) is 4.41. The Morgan fingerprint density at radius 1 is 1.30 bits per heavy atom. The summed E-state index contributed by atoms with van der Waals surface area (Å²) in [5, 5.41) is 20.4. The summed E-state index contributed by atoms with van der Waals surface area (Å²) in [4.78, 5) is 24.2. The summed E-state index contributed by atoms with van der Waals surface area (Å²) in [5.74, 6) is -0.915. The van der Waals surface area contributed by atoms with Crippen molar-refractivity contribution >= 4 is 17.7 Å². The lowest BCUT2D eigenvalue weighted by Crippen LogP contribution is -2.37. The van der Waals surface area contributed by atoms with Gasteiger partial charge in [0.15, 0.2) is 0 Å². The first kappa shape index (κ1) is 16.0. The summed E-state index contributed by atoms with van der Waals surface area (Å²) in [6.07, 6.45) is 0.714. The number of amides is 2. The second kappa shape index (κ2) is 8.16. The molecule has 0 saturated carbocycles. The summed E-state index contributed by atoms with van der Waals surface area (Å²) in [7, 11) is 0. The molecule has 6 heteroatoms. The van der Waals surface area contributed by atoms with Gasteiger partial charge in [-0.25, -0.2) is 4.79 Å². The Morgan fingerprint density at radius 3 is 2.65 bits per heavy atom. The number of benzene rings is 1. The van der Waals surface area contributed by atoms with E-state index in [0.29, 0.717) is 17.8 Å². The van der Waals surface area contributed by atoms with Crippen molar-refractivity contribution in [3.8, 4) is 0 Å². The number of carbonyl (C=O) groups is 2. The van der Waals surface area contributed by atoms with E-state index in [1.165, 1.54) is 4.90 Å². The van der Waals surface area contributed by atoms with E-state index >= 15 is 0 Å². The summed E-state index contributed by atoms with van der Waals surface area (Å²) in [6.45, 7) is 2.69. The van der Waals surface area contributed by atoms with Crippen LogP contribution in [0.2, 0.25) is 0 Å². The fraction of sp³-hybridized carbons (Fsp3) is 0.429. The summed E-state index contributed by atoms with van der Waals surface area (Å²) in [6, 6.07) is 6.43. The minimum absolute atomic E-state index is 0.0843. The van der Waals surface area contributed by atoms with Crippen molar-refractivity contribution < 1.29 is 19.8 Å². The van der Waals surface area contributed by atoms with Crippen LogP contribution in [0.1, 0.15) is 18.9 Å². The lowest BCUT2D eigenvalue weighted by atomic mass is 10.1. The zero-order valence-corrected chi connectivity index (χ0v) is 11.5. The van der Waals surface area contributed by atoms with Crippen LogP contribution in [0.5, 0.6) is 0 Å². The van der Waals surface area contributed by atoms with Crippen LogP contribution in [0.25, 0.3) is 0 Å². The van der Waals surface area contributed by atoms with Crippen LogP contribution < -0.4 is 5.32 Å². The van der Waals surface area contributed by atoms with Crippen molar-refractivity contribution in [3.63, 3.8) is 0 Å². The summed E-state index contributed by atoms with van der Waals surface area (Å²) in [5.41, 5.74) is 1.17. The standard InChI is InChI=1S/C14H20N2O4/c1-2-6-16(7-8-17)14(20)15-12-5-3-4-11(9-12)10-13(18)19/h3-5,9,17H,2,6-8,10H2,1H3,(H,15,20)(H,18,19). The Bertz CT molecular complexity index is 456. The first-order valence-electron chi connectivity index (χ1n) is 6.54. The molecule has 6 nitrogen and oxygen atoms in total. The quantitative estimate of drug-likeness (QED) is 0.707. The van der Waals surface area contributed by atoms with Crippen LogP contribution in [0.4, 0.5) is 10.5 Å². The molecule has 0 unspecified atom stereocenters. The Hall–Kier alpha value is -2.08. The normalized spacial score (nSPS) is 10.1. The lowest BCUT2D eigenvalue weighted by Gasteiger charge is -2.21. The molecule has 0 saturated heterocycles. The third kappa shape index (κ3) is 5.27. The van der Waals surface area contributed by atoms with Gasteiger partial charge in [0.25, 0.3) is 0 Å². The average Bonchev–Trinajstić information content (AvgIpc) is 2.38. The Labute approximate surface area is 118 Å². The van der Waals surface area contributed by atoms with E-state index in [0.717, 1.165) is 6.42 Å². The molecule has 0 spiro atoms. The van der Waals surface area contributed by atoms with Crippen LogP contribution in [0.3, 0.4) is 0 Å². The first-order valence-corrected chi connectivity index (χ1v) is 6.54. The van der Waals surface area contributed by atoms with Crippen molar-refractivity contribution in [2.75, 3.05) is 25.0 Å². The third-order valence-corrected chi connectivity index (χ3v) is 2.68. The van der Waals surface area contributed by atoms with E-state index in [1.54, 1.807) is 24.3 Å². The molecule has 0 heterocycles. The molecule has 0 fully saturated rings. The first-order chi connectivity index (χ1) is 9.56. The van der Waals surface area contributed by atoms with E-state index in [4.69, 9.17) is 10.2 Å². The number of rotatable bonds is 7. The largest absolute Gasteiger partial charge is 0.481 e. The minimum Gasteiger partial charge on any atom is -0.481 e. The number of hydrogen-bond donors (Lipinski definition) is 3. The van der Waals surface area contributed by atoms with E-state index in [-0.39, 0.29) is 25.6 Å². The molecule has 1 rings (SSSR count). The van der Waals surface area contributed by atoms with Crippen molar-refractivity contribution in [2.45, 2.75) is 19.8 Å². The van der Waals surface area contributed by atoms with Gasteiger partial charge >= 0.3 is 12.0 Å². The molecule has 0 aliphatic carbocycles. The number of anilines is 1. The molecule has 0 radical (unpaired) electrons. The zero-order chi connectivity index (χ0) is 15.0. The predicted octanol–water partition coefficient (Wildman–Crippen LogP) is 1.55. The highest BCUT2D eigenvalue weighted by molar-refractivity contribution is 5.89. The zero-order valence-electron chi connectivity index (χ0n) is 11.5. The number of hydrogen-bond acceptors (Lipinski definition) is 3. The van der Waals surface area contributed by atoms with Gasteiger partial charge in [-0.3, -0.25) is 4.79 Å². The van der Waals surface area contributed by atoms with E-state index in [1.807, 2.05) is 6.92 Å². The van der Waals surface area contributed by atoms with Gasteiger partial charge in [-0.1, -0.05) is 19.1 Å². The predicted molar refractivity (Wildman–Crippen MR) is 75.8 cm³/mol. The summed E-state index contributed by atoms with van der Waals surface area (Å²) >= 11 is 0. The van der Waals surface area contributed by atoms with Gasteiger partial charge in [-0.15, -0.1) is 0 Å². The van der Waals surface area contributed by atoms with Gasteiger partial charge in [0.1, 0.15) is 0 Å².